The number of hydrogen-bond donors (Lipinski definition) is 1. The summed E-state index contributed by atoms with van der Waals surface area (Å²) >= 11 is 0.839. The average molecular weight is 317 g/mol. The van der Waals surface area contributed by atoms with Crippen molar-refractivity contribution in [2.45, 2.75) is 43.9 Å². The number of thiophene rings is 1. The molecule has 1 aliphatic rings. The van der Waals surface area contributed by atoms with E-state index >= 15 is 0 Å². The molecule has 0 spiro atoms. The highest BCUT2D eigenvalue weighted by Crippen LogP contribution is 2.34. The summed E-state index contributed by atoms with van der Waals surface area (Å²) in [6, 6.07) is 1.34. The number of carboxylic acids is 1. The molecule has 0 bridgehead atoms. The molecule has 0 saturated heterocycles. The summed E-state index contributed by atoms with van der Waals surface area (Å²) in [7, 11) is -3.60. The van der Waals surface area contributed by atoms with Gasteiger partial charge in [-0.15, -0.1) is 11.3 Å². The van der Waals surface area contributed by atoms with Crippen LogP contribution in [0.25, 0.3) is 0 Å². The molecule has 20 heavy (non-hydrogen) atoms. The predicted molar refractivity (Wildman–Crippen MR) is 77.8 cm³/mol. The van der Waals surface area contributed by atoms with Crippen LogP contribution in [0.3, 0.4) is 0 Å². The van der Waals surface area contributed by atoms with E-state index in [0.29, 0.717) is 18.0 Å². The van der Waals surface area contributed by atoms with Crippen molar-refractivity contribution in [1.29, 1.82) is 0 Å². The largest absolute Gasteiger partial charge is 0.477 e. The van der Waals surface area contributed by atoms with E-state index in [1.165, 1.54) is 10.4 Å². The minimum absolute atomic E-state index is 0.0960. The van der Waals surface area contributed by atoms with Crippen LogP contribution in [-0.4, -0.2) is 36.4 Å². The Morgan fingerprint density at radius 2 is 2.10 bits per heavy atom. The number of carboxylic acid groups (broad SMARTS) is 1. The van der Waals surface area contributed by atoms with Gasteiger partial charge in [-0.3, -0.25) is 0 Å². The lowest BCUT2D eigenvalue weighted by atomic mass is 10.3. The van der Waals surface area contributed by atoms with E-state index in [2.05, 4.69) is 0 Å². The SMILES string of the molecule is Cc1cc(S(=O)(=O)N(CC2CC2)C(C)C)sc1C(=O)O. The fourth-order valence-electron chi connectivity index (χ4n) is 2.05. The molecule has 5 nitrogen and oxygen atoms in total. The zero-order chi connectivity index (χ0) is 15.1. The number of hydrogen-bond acceptors (Lipinski definition) is 4. The van der Waals surface area contributed by atoms with Crippen molar-refractivity contribution in [1.82, 2.24) is 4.31 Å². The summed E-state index contributed by atoms with van der Waals surface area (Å²) in [6.07, 6.45) is 2.14. The Hall–Kier alpha value is -0.920. The van der Waals surface area contributed by atoms with Gasteiger partial charge in [-0.05, 0) is 51.2 Å². The lowest BCUT2D eigenvalue weighted by Crippen LogP contribution is -2.38. The lowest BCUT2D eigenvalue weighted by molar-refractivity contribution is 0.0701. The highest BCUT2D eigenvalue weighted by Gasteiger charge is 2.34. The molecule has 0 aromatic carbocycles. The molecule has 1 aromatic heterocycles. The molecule has 0 radical (unpaired) electrons. The first-order valence-corrected chi connectivity index (χ1v) is 8.84. The normalized spacial score (nSPS) is 16.1. The van der Waals surface area contributed by atoms with E-state index in [-0.39, 0.29) is 15.1 Å². The Kier molecular flexibility index (Phi) is 4.22. The van der Waals surface area contributed by atoms with E-state index in [4.69, 9.17) is 5.11 Å². The Morgan fingerprint density at radius 1 is 1.50 bits per heavy atom. The highest BCUT2D eigenvalue weighted by atomic mass is 32.2. The number of rotatable bonds is 6. The van der Waals surface area contributed by atoms with Crippen molar-refractivity contribution in [3.8, 4) is 0 Å². The Bertz CT molecular complexity index is 614. The van der Waals surface area contributed by atoms with E-state index < -0.39 is 16.0 Å². The van der Waals surface area contributed by atoms with Crippen molar-refractivity contribution >= 4 is 27.3 Å². The number of nitrogens with zero attached hydrogens (tertiary/aromatic N) is 1. The molecule has 112 valence electrons. The fourth-order valence-corrected chi connectivity index (χ4v) is 5.27. The third kappa shape index (κ3) is 3.05. The van der Waals surface area contributed by atoms with E-state index in [1.807, 2.05) is 13.8 Å². The number of aryl methyl sites for hydroxylation is 1. The lowest BCUT2D eigenvalue weighted by Gasteiger charge is -2.25. The second kappa shape index (κ2) is 5.46. The molecule has 0 aliphatic heterocycles. The van der Waals surface area contributed by atoms with Gasteiger partial charge in [0.2, 0.25) is 0 Å². The molecule has 7 heteroatoms. The molecule has 0 amide bonds. The van der Waals surface area contributed by atoms with Gasteiger partial charge >= 0.3 is 5.97 Å². The van der Waals surface area contributed by atoms with E-state index in [0.717, 1.165) is 24.2 Å². The molecule has 1 aromatic rings. The smallest absolute Gasteiger partial charge is 0.346 e. The predicted octanol–water partition coefficient (Wildman–Crippen LogP) is 2.56. The Labute approximate surface area is 123 Å². The van der Waals surface area contributed by atoms with Gasteiger partial charge in [0.05, 0.1) is 0 Å². The third-order valence-electron chi connectivity index (χ3n) is 3.36. The highest BCUT2D eigenvalue weighted by molar-refractivity contribution is 7.91. The van der Waals surface area contributed by atoms with Crippen molar-refractivity contribution in [2.24, 2.45) is 5.92 Å². The summed E-state index contributed by atoms with van der Waals surface area (Å²) in [5.41, 5.74) is 0.496. The molecular weight excluding hydrogens is 298 g/mol. The topological polar surface area (TPSA) is 74.7 Å². The average Bonchev–Trinajstić information content (AvgIpc) is 3.06. The van der Waals surface area contributed by atoms with Gasteiger partial charge < -0.3 is 5.11 Å². The summed E-state index contributed by atoms with van der Waals surface area (Å²) in [4.78, 5) is 11.2. The monoisotopic (exact) mass is 317 g/mol. The minimum Gasteiger partial charge on any atom is -0.477 e. The summed E-state index contributed by atoms with van der Waals surface area (Å²) < 4.78 is 27.0. The van der Waals surface area contributed by atoms with Crippen molar-refractivity contribution in [3.63, 3.8) is 0 Å². The maximum absolute atomic E-state index is 12.7. The molecule has 1 heterocycles. The standard InChI is InChI=1S/C13H19NO4S2/c1-8(2)14(7-10-4-5-10)20(17,18)11-6-9(3)12(19-11)13(15)16/h6,8,10H,4-5,7H2,1-3H3,(H,15,16). The first-order valence-electron chi connectivity index (χ1n) is 6.59. The van der Waals surface area contributed by atoms with Gasteiger partial charge in [0, 0.05) is 12.6 Å². The molecule has 0 unspecified atom stereocenters. The van der Waals surface area contributed by atoms with Gasteiger partial charge in [-0.1, -0.05) is 0 Å². The number of carbonyl (C=O) groups is 1. The Morgan fingerprint density at radius 3 is 2.50 bits per heavy atom. The zero-order valence-corrected chi connectivity index (χ0v) is 13.4. The molecule has 1 saturated carbocycles. The molecule has 1 aliphatic carbocycles. The number of sulfonamides is 1. The fraction of sp³-hybridized carbons (Fsp3) is 0.615. The van der Waals surface area contributed by atoms with E-state index in [1.54, 1.807) is 6.92 Å². The molecular formula is C13H19NO4S2. The van der Waals surface area contributed by atoms with Crippen LogP contribution in [0.1, 0.15) is 41.9 Å². The molecule has 1 fully saturated rings. The van der Waals surface area contributed by atoms with Crippen LogP contribution in [0, 0.1) is 12.8 Å². The minimum atomic E-state index is -3.60. The second-order valence-electron chi connectivity index (χ2n) is 5.49. The van der Waals surface area contributed by atoms with Crippen molar-refractivity contribution < 1.29 is 18.3 Å². The quantitative estimate of drug-likeness (QED) is 0.875. The summed E-state index contributed by atoms with van der Waals surface area (Å²) in [6.45, 7) is 5.84. The van der Waals surface area contributed by atoms with Crippen LogP contribution in [0.5, 0.6) is 0 Å². The molecule has 0 atom stereocenters. The summed E-state index contributed by atoms with van der Waals surface area (Å²) in [5, 5.41) is 9.05. The zero-order valence-electron chi connectivity index (χ0n) is 11.8. The van der Waals surface area contributed by atoms with Crippen LogP contribution < -0.4 is 0 Å². The molecule has 1 N–H and O–H groups in total. The molecule has 2 rings (SSSR count). The second-order valence-corrected chi connectivity index (χ2v) is 8.66. The summed E-state index contributed by atoms with van der Waals surface area (Å²) in [5.74, 6) is -0.626. The van der Waals surface area contributed by atoms with Gasteiger partial charge in [-0.2, -0.15) is 4.31 Å². The van der Waals surface area contributed by atoms with Crippen molar-refractivity contribution in [3.05, 3.63) is 16.5 Å². The Balaban J connectivity index is 2.36. The van der Waals surface area contributed by atoms with Crippen LogP contribution >= 0.6 is 11.3 Å². The first kappa shape index (κ1) is 15.5. The van der Waals surface area contributed by atoms with Crippen molar-refractivity contribution in [2.75, 3.05) is 6.54 Å². The van der Waals surface area contributed by atoms with Gasteiger partial charge in [0.15, 0.2) is 0 Å². The van der Waals surface area contributed by atoms with Crippen LogP contribution in [-0.2, 0) is 10.0 Å². The third-order valence-corrected chi connectivity index (χ3v) is 7.08. The van der Waals surface area contributed by atoms with Crippen LogP contribution in [0.2, 0.25) is 0 Å². The van der Waals surface area contributed by atoms with Gasteiger partial charge in [-0.25, -0.2) is 13.2 Å². The van der Waals surface area contributed by atoms with Crippen LogP contribution in [0.15, 0.2) is 10.3 Å². The van der Waals surface area contributed by atoms with Gasteiger partial charge in [0.25, 0.3) is 10.0 Å². The van der Waals surface area contributed by atoms with Gasteiger partial charge in [0.1, 0.15) is 9.09 Å². The maximum atomic E-state index is 12.7. The maximum Gasteiger partial charge on any atom is 0.346 e. The van der Waals surface area contributed by atoms with Crippen LogP contribution in [0.4, 0.5) is 0 Å². The first-order chi connectivity index (χ1) is 9.23. The number of aromatic carboxylic acids is 1. The van der Waals surface area contributed by atoms with E-state index in [9.17, 15) is 13.2 Å².